The van der Waals surface area contributed by atoms with Gasteiger partial charge in [-0.3, -0.25) is 9.69 Å². The molecular weight excluding hydrogens is 514 g/mol. The number of carbonyl (C=O) groups excluding carboxylic acids is 2. The quantitative estimate of drug-likeness (QED) is 0.475. The van der Waals surface area contributed by atoms with E-state index < -0.39 is 21.9 Å². The highest BCUT2D eigenvalue weighted by molar-refractivity contribution is 7.89. The van der Waals surface area contributed by atoms with Gasteiger partial charge in [-0.1, -0.05) is 0 Å². The van der Waals surface area contributed by atoms with Crippen molar-refractivity contribution in [3.05, 3.63) is 45.8 Å². The second-order valence-corrected chi connectivity index (χ2v) is 12.8. The lowest BCUT2D eigenvalue weighted by molar-refractivity contribution is 0.0526. The fraction of sp³-hybridized carbons (Fsp3) is 0.538. The van der Waals surface area contributed by atoms with E-state index in [2.05, 4.69) is 24.1 Å². The van der Waals surface area contributed by atoms with E-state index in [1.54, 1.807) is 6.92 Å². The summed E-state index contributed by atoms with van der Waals surface area (Å²) in [5.41, 5.74) is 1.66. The standard InChI is InChI=1S/C26H35N3O6S2/c1-5-34-26(31)23-21-12-13-29(17(2)3)16-22(21)36-25(23)27-24(30)18-8-10-20(11-9-18)37(32,33)28(4)15-19-7-6-14-35-19/h8-11,17,19H,5-7,12-16H2,1-4H3,(H,27,30)/t19-/m0/s1. The van der Waals surface area contributed by atoms with Gasteiger partial charge in [0.1, 0.15) is 5.00 Å². The number of fused-ring (bicyclic) bond motifs is 1. The van der Waals surface area contributed by atoms with Crippen LogP contribution in [0, 0.1) is 0 Å². The van der Waals surface area contributed by atoms with E-state index in [1.165, 1.54) is 47.0 Å². The molecule has 0 spiro atoms. The maximum atomic E-state index is 13.1. The lowest BCUT2D eigenvalue weighted by Gasteiger charge is -2.30. The van der Waals surface area contributed by atoms with E-state index in [1.807, 2.05) is 0 Å². The highest BCUT2D eigenvalue weighted by Gasteiger charge is 2.31. The summed E-state index contributed by atoms with van der Waals surface area (Å²) < 4.78 is 38.1. The van der Waals surface area contributed by atoms with Crippen molar-refractivity contribution in [3.8, 4) is 0 Å². The molecule has 2 aliphatic heterocycles. The SMILES string of the molecule is CCOC(=O)c1c(NC(=O)c2ccc(S(=O)(=O)N(C)C[C@@H]3CCCO3)cc2)sc2c1CCN(C(C)C)C2. The van der Waals surface area contributed by atoms with Crippen LogP contribution in [-0.4, -0.2) is 75.0 Å². The lowest BCUT2D eigenvalue weighted by atomic mass is 10.0. The third kappa shape index (κ3) is 6.06. The lowest BCUT2D eigenvalue weighted by Crippen LogP contribution is -2.35. The van der Waals surface area contributed by atoms with Crippen molar-refractivity contribution in [1.82, 2.24) is 9.21 Å². The topological polar surface area (TPSA) is 105 Å². The smallest absolute Gasteiger partial charge is 0.341 e. The van der Waals surface area contributed by atoms with Crippen LogP contribution in [0.2, 0.25) is 0 Å². The second kappa shape index (κ2) is 11.6. The minimum absolute atomic E-state index is 0.0948. The molecule has 1 atom stereocenters. The number of esters is 1. The molecule has 0 unspecified atom stereocenters. The minimum atomic E-state index is -3.71. The molecule has 4 rings (SSSR count). The number of carbonyl (C=O) groups is 2. The number of likely N-dealkylation sites (N-methyl/N-ethyl adjacent to an activating group) is 1. The van der Waals surface area contributed by atoms with E-state index in [-0.39, 0.29) is 17.6 Å². The zero-order chi connectivity index (χ0) is 26.7. The number of ether oxygens (including phenoxy) is 2. The fourth-order valence-corrected chi connectivity index (χ4v) is 7.14. The van der Waals surface area contributed by atoms with Gasteiger partial charge in [0.05, 0.1) is 23.2 Å². The first-order chi connectivity index (χ1) is 17.6. The zero-order valence-electron chi connectivity index (χ0n) is 21.8. The molecule has 9 nitrogen and oxygen atoms in total. The molecule has 11 heteroatoms. The van der Waals surface area contributed by atoms with Gasteiger partial charge < -0.3 is 14.8 Å². The maximum Gasteiger partial charge on any atom is 0.341 e. The number of sulfonamides is 1. The molecule has 1 aromatic heterocycles. The molecule has 1 fully saturated rings. The van der Waals surface area contributed by atoms with Gasteiger partial charge >= 0.3 is 5.97 Å². The van der Waals surface area contributed by atoms with Gasteiger partial charge in [0, 0.05) is 49.8 Å². The molecule has 3 heterocycles. The Labute approximate surface area is 222 Å². The number of anilines is 1. The van der Waals surface area contributed by atoms with Crippen molar-refractivity contribution in [1.29, 1.82) is 0 Å². The zero-order valence-corrected chi connectivity index (χ0v) is 23.4. The normalized spacial score (nSPS) is 18.3. The van der Waals surface area contributed by atoms with E-state index >= 15 is 0 Å². The summed E-state index contributed by atoms with van der Waals surface area (Å²) in [5, 5.41) is 3.35. The number of nitrogens with one attached hydrogen (secondary N) is 1. The van der Waals surface area contributed by atoms with Crippen LogP contribution in [0.25, 0.3) is 0 Å². The summed E-state index contributed by atoms with van der Waals surface area (Å²) in [5.74, 6) is -0.856. The molecular formula is C26H35N3O6S2. The summed E-state index contributed by atoms with van der Waals surface area (Å²) in [6.07, 6.45) is 2.39. The van der Waals surface area contributed by atoms with Crippen molar-refractivity contribution in [2.75, 3.05) is 38.7 Å². The Hall–Kier alpha value is -2.31. The Bertz CT molecular complexity index is 1230. The third-order valence-corrected chi connectivity index (χ3v) is 9.80. The molecule has 2 aromatic rings. The first-order valence-electron chi connectivity index (χ1n) is 12.7. The fourth-order valence-electron chi connectivity index (χ4n) is 4.68. The molecule has 0 radical (unpaired) electrons. The van der Waals surface area contributed by atoms with Crippen LogP contribution in [-0.2, 0) is 32.5 Å². The maximum absolute atomic E-state index is 13.1. The third-order valence-electron chi connectivity index (χ3n) is 6.83. The molecule has 0 saturated carbocycles. The first-order valence-corrected chi connectivity index (χ1v) is 14.9. The van der Waals surface area contributed by atoms with Crippen LogP contribution in [0.3, 0.4) is 0 Å². The molecule has 1 amide bonds. The van der Waals surface area contributed by atoms with Gasteiger partial charge in [-0.25, -0.2) is 13.2 Å². The Morgan fingerprint density at radius 3 is 2.62 bits per heavy atom. The molecule has 1 saturated heterocycles. The van der Waals surface area contributed by atoms with E-state index in [0.29, 0.717) is 48.3 Å². The number of hydrogen-bond acceptors (Lipinski definition) is 8. The van der Waals surface area contributed by atoms with E-state index in [4.69, 9.17) is 9.47 Å². The van der Waals surface area contributed by atoms with Gasteiger partial charge in [0.2, 0.25) is 10.0 Å². The van der Waals surface area contributed by atoms with Gasteiger partial charge in [-0.2, -0.15) is 4.31 Å². The number of nitrogens with zero attached hydrogens (tertiary/aromatic N) is 2. The van der Waals surface area contributed by atoms with E-state index in [0.717, 1.165) is 29.8 Å². The highest BCUT2D eigenvalue weighted by Crippen LogP contribution is 2.38. The number of rotatable bonds is 9. The van der Waals surface area contributed by atoms with Gasteiger partial charge in [-0.05, 0) is 69.9 Å². The van der Waals surface area contributed by atoms with Crippen LogP contribution >= 0.6 is 11.3 Å². The number of amides is 1. The van der Waals surface area contributed by atoms with Crippen LogP contribution in [0.1, 0.15) is 64.8 Å². The summed E-state index contributed by atoms with van der Waals surface area (Å²) in [6.45, 7) is 8.76. The van der Waals surface area contributed by atoms with Crippen molar-refractivity contribution >= 4 is 38.2 Å². The Morgan fingerprint density at radius 2 is 2.00 bits per heavy atom. The van der Waals surface area contributed by atoms with E-state index in [9.17, 15) is 18.0 Å². The van der Waals surface area contributed by atoms with Gasteiger partial charge in [-0.15, -0.1) is 11.3 Å². The molecule has 37 heavy (non-hydrogen) atoms. The van der Waals surface area contributed by atoms with Crippen molar-refractivity contribution in [3.63, 3.8) is 0 Å². The highest BCUT2D eigenvalue weighted by atomic mass is 32.2. The predicted molar refractivity (Wildman–Crippen MR) is 143 cm³/mol. The predicted octanol–water partition coefficient (Wildman–Crippen LogP) is 3.74. The summed E-state index contributed by atoms with van der Waals surface area (Å²) >= 11 is 1.40. The van der Waals surface area contributed by atoms with Crippen LogP contribution < -0.4 is 5.32 Å². The van der Waals surface area contributed by atoms with Crippen LogP contribution in [0.5, 0.6) is 0 Å². The number of hydrogen-bond donors (Lipinski definition) is 1. The number of benzene rings is 1. The Balaban J connectivity index is 1.52. The Morgan fingerprint density at radius 1 is 1.27 bits per heavy atom. The molecule has 0 aliphatic carbocycles. The average molecular weight is 550 g/mol. The molecule has 202 valence electrons. The van der Waals surface area contributed by atoms with Gasteiger partial charge in [0.25, 0.3) is 5.91 Å². The molecule has 1 aromatic carbocycles. The average Bonchev–Trinajstić information content (AvgIpc) is 3.51. The number of thiophene rings is 1. The minimum Gasteiger partial charge on any atom is -0.462 e. The summed E-state index contributed by atoms with van der Waals surface area (Å²) in [7, 11) is -2.17. The summed E-state index contributed by atoms with van der Waals surface area (Å²) in [4.78, 5) is 29.4. The summed E-state index contributed by atoms with van der Waals surface area (Å²) in [6, 6.07) is 6.21. The van der Waals surface area contributed by atoms with Crippen molar-refractivity contribution in [2.24, 2.45) is 0 Å². The monoisotopic (exact) mass is 549 g/mol. The van der Waals surface area contributed by atoms with Crippen molar-refractivity contribution in [2.45, 2.75) is 63.6 Å². The molecule has 0 bridgehead atoms. The van der Waals surface area contributed by atoms with Crippen molar-refractivity contribution < 1.29 is 27.5 Å². The van der Waals surface area contributed by atoms with Crippen LogP contribution in [0.15, 0.2) is 29.2 Å². The second-order valence-electron chi connectivity index (χ2n) is 9.64. The molecule has 2 aliphatic rings. The van der Waals surface area contributed by atoms with Gasteiger partial charge in [0.15, 0.2) is 0 Å². The molecule has 1 N–H and O–H groups in total. The Kier molecular flexibility index (Phi) is 8.70. The largest absolute Gasteiger partial charge is 0.462 e. The first kappa shape index (κ1) is 27.7. The van der Waals surface area contributed by atoms with Crippen LogP contribution in [0.4, 0.5) is 5.00 Å².